The number of aromatic carboxylic acids is 1. The lowest BCUT2D eigenvalue weighted by Gasteiger charge is -2.24. The van der Waals surface area contributed by atoms with E-state index in [-0.39, 0.29) is 10.6 Å². The Balaban J connectivity index is 2.88. The average Bonchev–Trinajstić information content (AvgIpc) is 2.38. The average molecular weight is 288 g/mol. The van der Waals surface area contributed by atoms with Gasteiger partial charge >= 0.3 is 5.97 Å². The number of carboxylic acid groups (broad SMARTS) is 1. The monoisotopic (exact) mass is 287 g/mol. The number of ether oxygens (including phenoxy) is 2. The van der Waals surface area contributed by atoms with Crippen molar-refractivity contribution in [1.29, 1.82) is 0 Å². The van der Waals surface area contributed by atoms with Gasteiger partial charge in [-0.15, -0.1) is 0 Å². The predicted molar refractivity (Wildman–Crippen MR) is 74.4 cm³/mol. The molecule has 106 valence electrons. The maximum Gasteiger partial charge on any atom is 0.337 e. The van der Waals surface area contributed by atoms with Gasteiger partial charge in [-0.3, -0.25) is 0 Å². The van der Waals surface area contributed by atoms with Gasteiger partial charge in [0.05, 0.1) is 23.8 Å². The first kappa shape index (κ1) is 15.8. The van der Waals surface area contributed by atoms with Crippen LogP contribution in [-0.2, 0) is 9.47 Å². The number of carbonyl (C=O) groups is 1. The SMILES string of the molecule is COCCN(CCOC)c1ccc(C(=O)O)c(Cl)c1. The quantitative estimate of drug-likeness (QED) is 0.794. The highest BCUT2D eigenvalue weighted by atomic mass is 35.5. The molecule has 19 heavy (non-hydrogen) atoms. The van der Waals surface area contributed by atoms with E-state index in [1.54, 1.807) is 26.4 Å². The minimum atomic E-state index is -1.03. The number of hydrogen-bond acceptors (Lipinski definition) is 4. The van der Waals surface area contributed by atoms with Crippen molar-refractivity contribution in [2.75, 3.05) is 45.4 Å². The molecule has 1 rings (SSSR count). The summed E-state index contributed by atoms with van der Waals surface area (Å²) in [6.45, 7) is 2.51. The molecule has 0 aliphatic heterocycles. The van der Waals surface area contributed by atoms with Crippen LogP contribution in [0.5, 0.6) is 0 Å². The zero-order valence-electron chi connectivity index (χ0n) is 11.1. The van der Waals surface area contributed by atoms with Crippen LogP contribution in [0.25, 0.3) is 0 Å². The highest BCUT2D eigenvalue weighted by Gasteiger charge is 2.12. The molecule has 0 atom stereocenters. The molecule has 0 fully saturated rings. The van der Waals surface area contributed by atoms with Gasteiger partial charge in [-0.25, -0.2) is 4.79 Å². The Morgan fingerprint density at radius 1 is 1.26 bits per heavy atom. The van der Waals surface area contributed by atoms with Gasteiger partial charge in [0.25, 0.3) is 0 Å². The van der Waals surface area contributed by atoms with Gasteiger partial charge in [0.1, 0.15) is 0 Å². The van der Waals surface area contributed by atoms with Crippen molar-refractivity contribution < 1.29 is 19.4 Å². The van der Waals surface area contributed by atoms with Gasteiger partial charge in [-0.1, -0.05) is 11.6 Å². The van der Waals surface area contributed by atoms with Gasteiger partial charge in [-0.2, -0.15) is 0 Å². The molecule has 1 aromatic rings. The topological polar surface area (TPSA) is 59.0 Å². The second kappa shape index (κ2) is 7.99. The first-order valence-electron chi connectivity index (χ1n) is 5.85. The lowest BCUT2D eigenvalue weighted by molar-refractivity contribution is 0.0697. The normalized spacial score (nSPS) is 10.5. The first-order valence-corrected chi connectivity index (χ1v) is 6.23. The van der Waals surface area contributed by atoms with Crippen molar-refractivity contribution in [3.8, 4) is 0 Å². The van der Waals surface area contributed by atoms with E-state index in [2.05, 4.69) is 0 Å². The molecular formula is C13H18ClNO4. The second-order valence-corrected chi connectivity index (χ2v) is 4.35. The molecule has 0 unspecified atom stereocenters. The minimum absolute atomic E-state index is 0.101. The van der Waals surface area contributed by atoms with Crippen molar-refractivity contribution in [2.45, 2.75) is 0 Å². The number of rotatable bonds is 8. The fourth-order valence-corrected chi connectivity index (χ4v) is 1.90. The molecule has 0 saturated carbocycles. The van der Waals surface area contributed by atoms with E-state index in [1.165, 1.54) is 6.07 Å². The van der Waals surface area contributed by atoms with Crippen molar-refractivity contribution in [1.82, 2.24) is 0 Å². The maximum absolute atomic E-state index is 10.9. The third kappa shape index (κ3) is 4.70. The Bertz CT molecular complexity index is 417. The summed E-state index contributed by atoms with van der Waals surface area (Å²) in [5.74, 6) is -1.03. The molecule has 1 N–H and O–H groups in total. The van der Waals surface area contributed by atoms with Crippen LogP contribution in [0, 0.1) is 0 Å². The zero-order valence-corrected chi connectivity index (χ0v) is 11.8. The van der Waals surface area contributed by atoms with Crippen molar-refractivity contribution in [3.63, 3.8) is 0 Å². The number of nitrogens with zero attached hydrogens (tertiary/aromatic N) is 1. The molecule has 0 amide bonds. The van der Waals surface area contributed by atoms with Gasteiger partial charge < -0.3 is 19.5 Å². The molecule has 0 aliphatic rings. The van der Waals surface area contributed by atoms with Crippen molar-refractivity contribution >= 4 is 23.3 Å². The van der Waals surface area contributed by atoms with E-state index in [0.29, 0.717) is 26.3 Å². The van der Waals surface area contributed by atoms with Crippen molar-refractivity contribution in [3.05, 3.63) is 28.8 Å². The van der Waals surface area contributed by atoms with Crippen LogP contribution in [0.2, 0.25) is 5.02 Å². The third-order valence-electron chi connectivity index (χ3n) is 2.68. The number of benzene rings is 1. The molecule has 0 aliphatic carbocycles. The molecular weight excluding hydrogens is 270 g/mol. The summed E-state index contributed by atoms with van der Waals surface area (Å²) in [7, 11) is 3.27. The first-order chi connectivity index (χ1) is 9.10. The minimum Gasteiger partial charge on any atom is -0.478 e. The van der Waals surface area contributed by atoms with E-state index in [1.807, 2.05) is 4.90 Å². The molecule has 5 nitrogen and oxygen atoms in total. The van der Waals surface area contributed by atoms with E-state index < -0.39 is 5.97 Å². The number of carboxylic acids is 1. The lowest BCUT2D eigenvalue weighted by Crippen LogP contribution is -2.30. The van der Waals surface area contributed by atoms with Crippen molar-refractivity contribution in [2.24, 2.45) is 0 Å². The molecule has 1 aromatic carbocycles. The number of halogens is 1. The van der Waals surface area contributed by atoms with E-state index in [9.17, 15) is 4.79 Å². The second-order valence-electron chi connectivity index (χ2n) is 3.94. The van der Waals surface area contributed by atoms with Gasteiger partial charge in [0.15, 0.2) is 0 Å². The van der Waals surface area contributed by atoms with E-state index >= 15 is 0 Å². The summed E-state index contributed by atoms with van der Waals surface area (Å²) in [4.78, 5) is 12.9. The smallest absolute Gasteiger partial charge is 0.337 e. The molecule has 0 aromatic heterocycles. The molecule has 0 radical (unpaired) electrons. The van der Waals surface area contributed by atoms with Gasteiger partial charge in [-0.05, 0) is 18.2 Å². The van der Waals surface area contributed by atoms with Crippen LogP contribution < -0.4 is 4.90 Å². The maximum atomic E-state index is 10.9. The summed E-state index contributed by atoms with van der Waals surface area (Å²) in [5.41, 5.74) is 0.952. The summed E-state index contributed by atoms with van der Waals surface area (Å²) in [6, 6.07) is 4.89. The standard InChI is InChI=1S/C13H18ClNO4/c1-18-7-5-15(6-8-19-2)10-3-4-11(13(16)17)12(14)9-10/h3-4,9H,5-8H2,1-2H3,(H,16,17). The number of hydrogen-bond donors (Lipinski definition) is 1. The van der Waals surface area contributed by atoms with Crippen LogP contribution in [0.4, 0.5) is 5.69 Å². The zero-order chi connectivity index (χ0) is 14.3. The summed E-state index contributed by atoms with van der Waals surface area (Å²) in [5, 5.41) is 9.17. The largest absolute Gasteiger partial charge is 0.478 e. The van der Waals surface area contributed by atoms with Crippen LogP contribution in [0.15, 0.2) is 18.2 Å². The number of methoxy groups -OCH3 is 2. The molecule has 6 heteroatoms. The van der Waals surface area contributed by atoms with Gasteiger partial charge in [0.2, 0.25) is 0 Å². The highest BCUT2D eigenvalue weighted by Crippen LogP contribution is 2.23. The summed E-state index contributed by atoms with van der Waals surface area (Å²) in [6.07, 6.45) is 0. The lowest BCUT2D eigenvalue weighted by atomic mass is 10.2. The molecule has 0 saturated heterocycles. The fourth-order valence-electron chi connectivity index (χ4n) is 1.65. The summed E-state index contributed by atoms with van der Waals surface area (Å²) < 4.78 is 10.1. The Hall–Kier alpha value is -1.30. The Morgan fingerprint density at radius 3 is 2.26 bits per heavy atom. The van der Waals surface area contributed by atoms with Crippen LogP contribution in [-0.4, -0.2) is 51.6 Å². The van der Waals surface area contributed by atoms with E-state index in [4.69, 9.17) is 26.2 Å². The number of anilines is 1. The van der Waals surface area contributed by atoms with E-state index in [0.717, 1.165) is 5.69 Å². The Labute approximate surface area is 117 Å². The Morgan fingerprint density at radius 2 is 1.84 bits per heavy atom. The predicted octanol–water partition coefficient (Wildman–Crippen LogP) is 2.14. The van der Waals surface area contributed by atoms with Gasteiger partial charge in [0, 0.05) is 33.0 Å². The Kier molecular flexibility index (Phi) is 6.62. The van der Waals surface area contributed by atoms with Crippen LogP contribution >= 0.6 is 11.6 Å². The molecule has 0 heterocycles. The molecule has 0 bridgehead atoms. The highest BCUT2D eigenvalue weighted by molar-refractivity contribution is 6.33. The third-order valence-corrected chi connectivity index (χ3v) is 2.99. The van der Waals surface area contributed by atoms with Crippen LogP contribution in [0.3, 0.4) is 0 Å². The van der Waals surface area contributed by atoms with Crippen LogP contribution in [0.1, 0.15) is 10.4 Å². The summed E-state index contributed by atoms with van der Waals surface area (Å²) >= 11 is 5.97. The fraction of sp³-hybridized carbons (Fsp3) is 0.462. The molecule has 0 spiro atoms.